The van der Waals surface area contributed by atoms with Crippen molar-refractivity contribution in [1.29, 1.82) is 0 Å². The van der Waals surface area contributed by atoms with E-state index in [4.69, 9.17) is 9.47 Å². The summed E-state index contributed by atoms with van der Waals surface area (Å²) in [6, 6.07) is 19.4. The Hall–Kier alpha value is -1.96. The molecule has 0 saturated heterocycles. The zero-order valence-electron chi connectivity index (χ0n) is 15.6. The maximum absolute atomic E-state index is 4.91. The molecule has 0 spiro atoms. The molecule has 0 saturated carbocycles. The van der Waals surface area contributed by atoms with Gasteiger partial charge in [0, 0.05) is 0 Å². The van der Waals surface area contributed by atoms with Crippen molar-refractivity contribution in [1.82, 2.24) is 0 Å². The first-order valence-electron chi connectivity index (χ1n) is 8.05. The smallest absolute Gasteiger partial charge is 0.118 e. The Morgan fingerprint density at radius 1 is 0.455 bits per heavy atom. The van der Waals surface area contributed by atoms with Crippen molar-refractivity contribution in [2.75, 3.05) is 14.2 Å². The molecule has 0 N–H and O–H groups in total. The molecule has 0 aliphatic carbocycles. The first-order chi connectivity index (χ1) is 10.9. The van der Waals surface area contributed by atoms with Gasteiger partial charge in [-0.05, 0) is 24.3 Å². The monoisotopic (exact) mass is 306 g/mol. The molecule has 0 fully saturated rings. The molecule has 0 aliphatic rings. The van der Waals surface area contributed by atoms with Crippen LogP contribution >= 0.6 is 0 Å². The molecule has 126 valence electrons. The topological polar surface area (TPSA) is 18.5 Å². The molecule has 0 amide bonds. The second-order valence-electron chi connectivity index (χ2n) is 3.03. The summed E-state index contributed by atoms with van der Waals surface area (Å²) in [6.07, 6.45) is 0. The van der Waals surface area contributed by atoms with Crippen LogP contribution in [0, 0.1) is 0 Å². The lowest BCUT2D eigenvalue weighted by Gasteiger charge is -1.93. The number of methoxy groups -OCH3 is 2. The molecule has 2 heteroatoms. The Bertz CT molecular complexity index is 332. The molecule has 0 heterocycles. The van der Waals surface area contributed by atoms with Gasteiger partial charge in [-0.15, -0.1) is 0 Å². The van der Waals surface area contributed by atoms with Crippen molar-refractivity contribution in [3.05, 3.63) is 60.7 Å². The average Bonchev–Trinajstić information content (AvgIpc) is 2.68. The van der Waals surface area contributed by atoms with Crippen LogP contribution in [-0.4, -0.2) is 14.2 Å². The van der Waals surface area contributed by atoms with Gasteiger partial charge in [-0.2, -0.15) is 0 Å². The molecule has 0 aliphatic heterocycles. The second-order valence-corrected chi connectivity index (χ2v) is 3.03. The molecule has 0 aromatic heterocycles. The van der Waals surface area contributed by atoms with E-state index in [1.54, 1.807) is 14.2 Å². The lowest BCUT2D eigenvalue weighted by Crippen LogP contribution is -1.78. The highest BCUT2D eigenvalue weighted by Gasteiger charge is 1.80. The molecule has 22 heavy (non-hydrogen) atoms. The third kappa shape index (κ3) is 16.1. The lowest BCUT2D eigenvalue weighted by atomic mass is 10.3. The van der Waals surface area contributed by atoms with E-state index in [0.717, 1.165) is 11.5 Å². The molecule has 2 aromatic rings. The maximum atomic E-state index is 4.91. The maximum Gasteiger partial charge on any atom is 0.118 e. The number of ether oxygens (including phenoxy) is 2. The Morgan fingerprint density at radius 3 is 0.818 bits per heavy atom. The normalized spacial score (nSPS) is 7.09. The molecule has 2 aromatic carbocycles. The minimum Gasteiger partial charge on any atom is -0.497 e. The van der Waals surface area contributed by atoms with E-state index in [0.29, 0.717) is 0 Å². The first kappa shape index (κ1) is 25.0. The van der Waals surface area contributed by atoms with Crippen molar-refractivity contribution in [2.45, 2.75) is 41.5 Å². The SMILES string of the molecule is CC.CC.CC.COc1ccccc1.COc1ccccc1. The summed E-state index contributed by atoms with van der Waals surface area (Å²) in [7, 11) is 3.32. The van der Waals surface area contributed by atoms with Crippen molar-refractivity contribution in [3.63, 3.8) is 0 Å². The molecule has 0 atom stereocenters. The molecule has 0 bridgehead atoms. The summed E-state index contributed by atoms with van der Waals surface area (Å²) in [5, 5.41) is 0. The van der Waals surface area contributed by atoms with Crippen molar-refractivity contribution in [3.8, 4) is 11.5 Å². The molecule has 2 rings (SSSR count). The minimum atomic E-state index is 0.910. The van der Waals surface area contributed by atoms with Crippen molar-refractivity contribution in [2.24, 2.45) is 0 Å². The first-order valence-corrected chi connectivity index (χ1v) is 8.05. The lowest BCUT2D eigenvalue weighted by molar-refractivity contribution is 0.414. The van der Waals surface area contributed by atoms with Crippen LogP contribution < -0.4 is 9.47 Å². The average molecular weight is 306 g/mol. The highest BCUT2D eigenvalue weighted by molar-refractivity contribution is 5.21. The number of para-hydroxylation sites is 2. The van der Waals surface area contributed by atoms with E-state index in [9.17, 15) is 0 Å². The van der Waals surface area contributed by atoms with E-state index in [2.05, 4.69) is 0 Å². The van der Waals surface area contributed by atoms with E-state index in [1.165, 1.54) is 0 Å². The summed E-state index contributed by atoms with van der Waals surface area (Å²) < 4.78 is 9.83. The molecular weight excluding hydrogens is 272 g/mol. The molecule has 2 nitrogen and oxygen atoms in total. The highest BCUT2D eigenvalue weighted by Crippen LogP contribution is 2.06. The zero-order valence-corrected chi connectivity index (χ0v) is 15.6. The fourth-order valence-corrected chi connectivity index (χ4v) is 1.11. The van der Waals surface area contributed by atoms with E-state index >= 15 is 0 Å². The Kier molecular flexibility index (Phi) is 27.4. The third-order valence-corrected chi connectivity index (χ3v) is 1.96. The minimum absolute atomic E-state index is 0.910. The predicted molar refractivity (Wildman–Crippen MR) is 100 cm³/mol. The van der Waals surface area contributed by atoms with E-state index in [1.807, 2.05) is 102 Å². The Balaban J connectivity index is -0.000000246. The predicted octanol–water partition coefficient (Wildman–Crippen LogP) is 6.47. The molecule has 0 radical (unpaired) electrons. The van der Waals surface area contributed by atoms with Crippen LogP contribution in [0.2, 0.25) is 0 Å². The zero-order chi connectivity index (χ0) is 17.6. The number of rotatable bonds is 2. The van der Waals surface area contributed by atoms with Gasteiger partial charge in [-0.3, -0.25) is 0 Å². The van der Waals surface area contributed by atoms with Crippen LogP contribution in [0.5, 0.6) is 11.5 Å². The number of hydrogen-bond donors (Lipinski definition) is 0. The largest absolute Gasteiger partial charge is 0.497 e. The number of benzene rings is 2. The van der Waals surface area contributed by atoms with E-state index in [-0.39, 0.29) is 0 Å². The van der Waals surface area contributed by atoms with Crippen LogP contribution in [0.1, 0.15) is 41.5 Å². The summed E-state index contributed by atoms with van der Waals surface area (Å²) in [6.45, 7) is 12.0. The van der Waals surface area contributed by atoms with Gasteiger partial charge in [0.05, 0.1) is 14.2 Å². The van der Waals surface area contributed by atoms with Crippen LogP contribution in [0.4, 0.5) is 0 Å². The summed E-state index contributed by atoms with van der Waals surface area (Å²) >= 11 is 0. The quantitative estimate of drug-likeness (QED) is 0.633. The van der Waals surface area contributed by atoms with Gasteiger partial charge in [-0.25, -0.2) is 0 Å². The van der Waals surface area contributed by atoms with E-state index < -0.39 is 0 Å². The van der Waals surface area contributed by atoms with Crippen molar-refractivity contribution < 1.29 is 9.47 Å². The standard InChI is InChI=1S/2C7H8O.3C2H6/c2*1-8-7-5-3-2-4-6-7;3*1-2/h2*2-6H,1H3;3*1-2H3. The summed E-state index contributed by atoms with van der Waals surface area (Å²) in [4.78, 5) is 0. The van der Waals surface area contributed by atoms with Crippen LogP contribution in [0.3, 0.4) is 0 Å². The molecule has 0 unspecified atom stereocenters. The van der Waals surface area contributed by atoms with Gasteiger partial charge in [0.1, 0.15) is 11.5 Å². The number of hydrogen-bond acceptors (Lipinski definition) is 2. The summed E-state index contributed by atoms with van der Waals surface area (Å²) in [5.74, 6) is 1.82. The second kappa shape index (κ2) is 24.1. The summed E-state index contributed by atoms with van der Waals surface area (Å²) in [5.41, 5.74) is 0. The van der Waals surface area contributed by atoms with Crippen LogP contribution in [0.25, 0.3) is 0 Å². The third-order valence-electron chi connectivity index (χ3n) is 1.96. The van der Waals surface area contributed by atoms with Gasteiger partial charge < -0.3 is 9.47 Å². The van der Waals surface area contributed by atoms with Gasteiger partial charge in [0.25, 0.3) is 0 Å². The Morgan fingerprint density at radius 2 is 0.682 bits per heavy atom. The van der Waals surface area contributed by atoms with Gasteiger partial charge >= 0.3 is 0 Å². The van der Waals surface area contributed by atoms with Crippen molar-refractivity contribution >= 4 is 0 Å². The highest BCUT2D eigenvalue weighted by atomic mass is 16.5. The van der Waals surface area contributed by atoms with Gasteiger partial charge in [-0.1, -0.05) is 77.9 Å². The Labute approximate surface area is 138 Å². The fraction of sp³-hybridized carbons (Fsp3) is 0.400. The van der Waals surface area contributed by atoms with Gasteiger partial charge in [0.2, 0.25) is 0 Å². The molecular formula is C20H34O2. The van der Waals surface area contributed by atoms with Crippen LogP contribution in [0.15, 0.2) is 60.7 Å². The van der Waals surface area contributed by atoms with Gasteiger partial charge in [0.15, 0.2) is 0 Å². The van der Waals surface area contributed by atoms with Crippen LogP contribution in [-0.2, 0) is 0 Å². The fourth-order valence-electron chi connectivity index (χ4n) is 1.11.